The first-order valence-corrected chi connectivity index (χ1v) is 10.4. The Morgan fingerprint density at radius 3 is 2.61 bits per heavy atom. The largest absolute Gasteiger partial charge is 0.416 e. The van der Waals surface area contributed by atoms with Gasteiger partial charge in [-0.2, -0.15) is 13.2 Å². The molecule has 0 aromatic heterocycles. The number of morpholine rings is 1. The smallest absolute Gasteiger partial charge is 0.378 e. The van der Waals surface area contributed by atoms with Crippen molar-refractivity contribution in [3.63, 3.8) is 0 Å². The van der Waals surface area contributed by atoms with Gasteiger partial charge in [-0.05, 0) is 45.3 Å². The van der Waals surface area contributed by atoms with Gasteiger partial charge in [-0.3, -0.25) is 9.59 Å². The van der Waals surface area contributed by atoms with E-state index in [-0.39, 0.29) is 24.6 Å². The van der Waals surface area contributed by atoms with Crippen LogP contribution in [0.25, 0.3) is 0 Å². The van der Waals surface area contributed by atoms with Gasteiger partial charge in [-0.1, -0.05) is 0 Å². The van der Waals surface area contributed by atoms with Gasteiger partial charge in [0.25, 0.3) is 0 Å². The zero-order valence-corrected chi connectivity index (χ0v) is 17.9. The molecule has 1 unspecified atom stereocenters. The number of hydrogen-bond acceptors (Lipinski definition) is 5. The van der Waals surface area contributed by atoms with Gasteiger partial charge in [-0.15, -0.1) is 0 Å². The Kier molecular flexibility index (Phi) is 7.42. The van der Waals surface area contributed by atoms with Gasteiger partial charge in [-0.25, -0.2) is 0 Å². The first-order chi connectivity index (χ1) is 14.6. The summed E-state index contributed by atoms with van der Waals surface area (Å²) in [5, 5.41) is 2.67. The molecular formula is C21H29F3N4O3. The van der Waals surface area contributed by atoms with Crippen LogP contribution in [0.2, 0.25) is 0 Å². The molecular weight excluding hydrogens is 413 g/mol. The van der Waals surface area contributed by atoms with Gasteiger partial charge < -0.3 is 24.8 Å². The fraction of sp³-hybridized carbons (Fsp3) is 0.619. The number of carbonyl (C=O) groups is 2. The fourth-order valence-electron chi connectivity index (χ4n) is 3.87. The normalized spacial score (nSPS) is 19.9. The molecule has 2 heterocycles. The number of carbonyl (C=O) groups excluding carboxylic acids is 2. The van der Waals surface area contributed by atoms with Gasteiger partial charge in [0.2, 0.25) is 11.8 Å². The predicted molar refractivity (Wildman–Crippen MR) is 111 cm³/mol. The highest BCUT2D eigenvalue weighted by Crippen LogP contribution is 2.36. The van der Waals surface area contributed by atoms with Crippen LogP contribution in [-0.2, 0) is 20.5 Å². The van der Waals surface area contributed by atoms with Crippen molar-refractivity contribution in [1.29, 1.82) is 0 Å². The minimum absolute atomic E-state index is 0.0691. The Morgan fingerprint density at radius 1 is 1.26 bits per heavy atom. The summed E-state index contributed by atoms with van der Waals surface area (Å²) < 4.78 is 45.1. The Bertz CT molecular complexity index is 795. The van der Waals surface area contributed by atoms with Crippen LogP contribution in [0.15, 0.2) is 18.2 Å². The molecule has 0 saturated carbocycles. The molecule has 1 atom stereocenters. The number of benzene rings is 1. The second-order valence-electron chi connectivity index (χ2n) is 8.22. The van der Waals surface area contributed by atoms with Crippen molar-refractivity contribution in [1.82, 2.24) is 9.80 Å². The van der Waals surface area contributed by atoms with Crippen LogP contribution in [-0.4, -0.2) is 81.6 Å². The number of nitrogens with zero attached hydrogens (tertiary/aromatic N) is 3. The maximum Gasteiger partial charge on any atom is 0.416 e. The van der Waals surface area contributed by atoms with Crippen LogP contribution < -0.4 is 10.2 Å². The minimum atomic E-state index is -4.52. The number of rotatable bonds is 7. The zero-order valence-electron chi connectivity index (χ0n) is 17.9. The molecule has 0 aliphatic carbocycles. The lowest BCUT2D eigenvalue weighted by atomic mass is 10.1. The lowest BCUT2D eigenvalue weighted by Gasteiger charge is -2.31. The molecule has 0 bridgehead atoms. The van der Waals surface area contributed by atoms with Crippen molar-refractivity contribution < 1.29 is 27.5 Å². The first-order valence-electron chi connectivity index (χ1n) is 10.4. The second-order valence-corrected chi connectivity index (χ2v) is 8.22. The summed E-state index contributed by atoms with van der Waals surface area (Å²) in [5.74, 6) is -1.12. The molecule has 2 saturated heterocycles. The summed E-state index contributed by atoms with van der Waals surface area (Å²) in [6.07, 6.45) is -3.66. The topological polar surface area (TPSA) is 65.1 Å². The summed E-state index contributed by atoms with van der Waals surface area (Å²) in [7, 11) is 3.90. The highest BCUT2D eigenvalue weighted by molar-refractivity contribution is 5.99. The maximum atomic E-state index is 13.3. The number of halogens is 3. The molecule has 1 aromatic carbocycles. The van der Waals surface area contributed by atoms with E-state index in [9.17, 15) is 22.8 Å². The molecule has 0 radical (unpaired) electrons. The lowest BCUT2D eigenvalue weighted by Crippen LogP contribution is -2.37. The summed E-state index contributed by atoms with van der Waals surface area (Å²) in [6, 6.07) is 3.37. The van der Waals surface area contributed by atoms with E-state index in [1.807, 2.05) is 23.9 Å². The van der Waals surface area contributed by atoms with Gasteiger partial charge in [0, 0.05) is 32.6 Å². The van der Waals surface area contributed by atoms with Crippen molar-refractivity contribution in [2.75, 3.05) is 70.2 Å². The van der Waals surface area contributed by atoms with E-state index >= 15 is 0 Å². The summed E-state index contributed by atoms with van der Waals surface area (Å²) in [6.45, 7) is 3.65. The average Bonchev–Trinajstić information content (AvgIpc) is 3.08. The van der Waals surface area contributed by atoms with E-state index in [0.717, 1.165) is 25.1 Å². The van der Waals surface area contributed by atoms with Crippen LogP contribution >= 0.6 is 0 Å². The van der Waals surface area contributed by atoms with E-state index in [1.165, 1.54) is 6.07 Å². The molecule has 2 aliphatic heterocycles. The van der Waals surface area contributed by atoms with Gasteiger partial charge in [0.05, 0.1) is 36.1 Å². The van der Waals surface area contributed by atoms with Crippen LogP contribution in [0.4, 0.5) is 24.5 Å². The number of anilines is 2. The average molecular weight is 442 g/mol. The highest BCUT2D eigenvalue weighted by atomic mass is 19.4. The fourth-order valence-corrected chi connectivity index (χ4v) is 3.87. The Balaban J connectivity index is 1.72. The number of nitrogens with one attached hydrogen (secondary N) is 1. The van der Waals surface area contributed by atoms with E-state index in [0.29, 0.717) is 38.5 Å². The van der Waals surface area contributed by atoms with Crippen molar-refractivity contribution in [3.8, 4) is 0 Å². The second kappa shape index (κ2) is 9.86. The molecule has 2 aliphatic rings. The lowest BCUT2D eigenvalue weighted by molar-refractivity contribution is -0.137. The van der Waals surface area contributed by atoms with Crippen molar-refractivity contribution in [2.24, 2.45) is 5.92 Å². The van der Waals surface area contributed by atoms with Crippen LogP contribution in [0.3, 0.4) is 0 Å². The molecule has 172 valence electrons. The quantitative estimate of drug-likeness (QED) is 0.702. The third-order valence-corrected chi connectivity index (χ3v) is 5.55. The summed E-state index contributed by atoms with van der Waals surface area (Å²) >= 11 is 0. The molecule has 1 aromatic rings. The number of likely N-dealkylation sites (tertiary alicyclic amines) is 1. The van der Waals surface area contributed by atoms with Gasteiger partial charge >= 0.3 is 6.18 Å². The summed E-state index contributed by atoms with van der Waals surface area (Å²) in [4.78, 5) is 30.7. The molecule has 1 N–H and O–H groups in total. The number of amides is 2. The third-order valence-electron chi connectivity index (χ3n) is 5.55. The summed E-state index contributed by atoms with van der Waals surface area (Å²) in [5.41, 5.74) is -0.190. The molecule has 2 fully saturated rings. The number of ether oxygens (including phenoxy) is 1. The highest BCUT2D eigenvalue weighted by Gasteiger charge is 2.35. The Morgan fingerprint density at radius 2 is 1.97 bits per heavy atom. The van der Waals surface area contributed by atoms with Crippen LogP contribution in [0.1, 0.15) is 18.4 Å². The van der Waals surface area contributed by atoms with E-state index < -0.39 is 23.6 Å². The van der Waals surface area contributed by atoms with Crippen molar-refractivity contribution in [3.05, 3.63) is 23.8 Å². The Hall–Kier alpha value is -2.33. The molecule has 0 spiro atoms. The van der Waals surface area contributed by atoms with Gasteiger partial charge in [0.1, 0.15) is 0 Å². The maximum absolute atomic E-state index is 13.3. The third kappa shape index (κ3) is 6.10. The SMILES string of the molecule is CN(C)CCCN1CC(C(=O)Nc2cc(C(F)(F)F)ccc2N2CCOCC2)CC1=O. The number of alkyl halides is 3. The molecule has 2 amide bonds. The van der Waals surface area contributed by atoms with E-state index in [1.54, 1.807) is 4.90 Å². The van der Waals surface area contributed by atoms with Gasteiger partial charge in [0.15, 0.2) is 0 Å². The monoisotopic (exact) mass is 442 g/mol. The first kappa shape index (κ1) is 23.3. The predicted octanol–water partition coefficient (Wildman–Crippen LogP) is 2.28. The number of hydrogen-bond donors (Lipinski definition) is 1. The van der Waals surface area contributed by atoms with Crippen LogP contribution in [0, 0.1) is 5.92 Å². The minimum Gasteiger partial charge on any atom is -0.378 e. The molecule has 31 heavy (non-hydrogen) atoms. The Labute approximate surface area is 180 Å². The molecule has 7 nitrogen and oxygen atoms in total. The zero-order chi connectivity index (χ0) is 22.6. The molecule has 10 heteroatoms. The van der Waals surface area contributed by atoms with E-state index in [2.05, 4.69) is 5.32 Å². The van der Waals surface area contributed by atoms with Crippen LogP contribution in [0.5, 0.6) is 0 Å². The molecule has 3 rings (SSSR count). The van der Waals surface area contributed by atoms with Crippen molar-refractivity contribution in [2.45, 2.75) is 19.0 Å². The standard InChI is InChI=1S/C21H29F3N4O3/c1-26(2)6-3-7-28-14-15(12-19(28)29)20(30)25-17-13-16(21(22,23)24)4-5-18(17)27-8-10-31-11-9-27/h4-5,13,15H,3,6-12,14H2,1-2H3,(H,25,30). The van der Waals surface area contributed by atoms with E-state index in [4.69, 9.17) is 4.74 Å². The van der Waals surface area contributed by atoms with Crippen molar-refractivity contribution >= 4 is 23.2 Å².